The van der Waals surface area contributed by atoms with Crippen molar-refractivity contribution < 1.29 is 9.84 Å². The second-order valence-corrected chi connectivity index (χ2v) is 9.13. The lowest BCUT2D eigenvalue weighted by Crippen LogP contribution is -2.44. The Balaban J connectivity index is 1.87. The molecule has 1 heterocycles. The molecule has 1 N–H and O–H groups in total. The molecule has 4 fully saturated rings. The lowest BCUT2D eigenvalue weighted by molar-refractivity contribution is -0.202. The highest BCUT2D eigenvalue weighted by atomic mass is 16.6. The van der Waals surface area contributed by atoms with E-state index in [-0.39, 0.29) is 11.5 Å². The molecule has 1 unspecified atom stereocenters. The van der Waals surface area contributed by atoms with Crippen molar-refractivity contribution in [2.75, 3.05) is 0 Å². The maximum absolute atomic E-state index is 10.8. The van der Waals surface area contributed by atoms with Gasteiger partial charge in [-0.25, -0.2) is 0 Å². The van der Waals surface area contributed by atoms with Crippen LogP contribution in [0.15, 0.2) is 0 Å². The third-order valence-corrected chi connectivity index (χ3v) is 8.51. The fourth-order valence-corrected chi connectivity index (χ4v) is 7.82. The van der Waals surface area contributed by atoms with Gasteiger partial charge >= 0.3 is 0 Å². The van der Waals surface area contributed by atoms with E-state index in [4.69, 9.17) is 4.74 Å². The minimum atomic E-state index is -0.901. The van der Waals surface area contributed by atoms with E-state index in [0.717, 1.165) is 24.7 Å². The van der Waals surface area contributed by atoms with E-state index in [1.165, 1.54) is 19.3 Å². The van der Waals surface area contributed by atoms with Crippen LogP contribution in [0.5, 0.6) is 0 Å². The van der Waals surface area contributed by atoms with Gasteiger partial charge in [-0.05, 0) is 61.7 Å². The molecule has 1 aliphatic heterocycles. The van der Waals surface area contributed by atoms with Crippen LogP contribution < -0.4 is 0 Å². The van der Waals surface area contributed by atoms with Gasteiger partial charge in [-0.1, -0.05) is 27.7 Å². The van der Waals surface area contributed by atoms with E-state index >= 15 is 0 Å². The predicted molar refractivity (Wildman–Crippen MR) is 79.0 cm³/mol. The van der Waals surface area contributed by atoms with Crippen molar-refractivity contribution >= 4 is 0 Å². The molecule has 3 aliphatic carbocycles. The molecule has 0 radical (unpaired) electrons. The molecule has 0 bridgehead atoms. The zero-order valence-electron chi connectivity index (χ0n) is 13.7. The second-order valence-electron chi connectivity index (χ2n) is 9.13. The summed E-state index contributed by atoms with van der Waals surface area (Å²) in [5.41, 5.74) is 1.03. The summed E-state index contributed by atoms with van der Waals surface area (Å²) >= 11 is 0. The summed E-state index contributed by atoms with van der Waals surface area (Å²) < 4.78 is 6.11. The molecule has 1 spiro atoms. The quantitative estimate of drug-likeness (QED) is 0.786. The van der Waals surface area contributed by atoms with Crippen molar-refractivity contribution in [3.8, 4) is 0 Å². The summed E-state index contributed by atoms with van der Waals surface area (Å²) in [5, 5.41) is 10.8. The Hall–Kier alpha value is -0.0800. The Bertz CT molecular complexity index is 456. The number of rotatable bonds is 1. The lowest BCUT2D eigenvalue weighted by atomic mass is 9.57. The molecule has 3 saturated carbocycles. The smallest absolute Gasteiger partial charge is 0.166 e. The fraction of sp³-hybridized carbons (Fsp3) is 1.00. The summed E-state index contributed by atoms with van der Waals surface area (Å²) in [6.45, 7) is 11.7. The number of ether oxygens (including phenoxy) is 1. The fourth-order valence-electron chi connectivity index (χ4n) is 7.82. The van der Waals surface area contributed by atoms with Crippen LogP contribution in [0.1, 0.15) is 66.7 Å². The van der Waals surface area contributed by atoms with Crippen molar-refractivity contribution in [2.24, 2.45) is 34.0 Å². The zero-order valence-corrected chi connectivity index (χ0v) is 13.7. The third-order valence-electron chi connectivity index (χ3n) is 8.51. The Morgan fingerprint density at radius 2 is 1.75 bits per heavy atom. The summed E-state index contributed by atoms with van der Waals surface area (Å²) in [5.74, 6) is 1.00. The molecule has 20 heavy (non-hydrogen) atoms. The maximum Gasteiger partial charge on any atom is 0.166 e. The molecule has 2 heteroatoms. The Kier molecular flexibility index (Phi) is 2.35. The lowest BCUT2D eigenvalue weighted by Gasteiger charge is -2.47. The van der Waals surface area contributed by atoms with Crippen molar-refractivity contribution in [3.63, 3.8) is 0 Å². The number of hydrogen-bond donors (Lipinski definition) is 1. The molecule has 2 nitrogen and oxygen atoms in total. The minimum absolute atomic E-state index is 0.203. The van der Waals surface area contributed by atoms with E-state index in [1.54, 1.807) is 0 Å². The average Bonchev–Trinajstić information content (AvgIpc) is 2.89. The molecule has 7 atom stereocenters. The first kappa shape index (κ1) is 13.6. The van der Waals surface area contributed by atoms with E-state index in [1.807, 2.05) is 6.92 Å². The van der Waals surface area contributed by atoms with Crippen LogP contribution in [0.4, 0.5) is 0 Å². The first-order chi connectivity index (χ1) is 9.19. The van der Waals surface area contributed by atoms with Crippen LogP contribution in [-0.2, 0) is 4.74 Å². The Labute approximate surface area is 123 Å². The molecule has 4 rings (SSSR count). The standard InChI is InChI=1S/C18H30O2/c1-11(2)12-6-8-18-9-7-14-16(18,4)13(10-15(12,18)3)17(5,19)20-14/h11-14,19H,6-10H2,1-5H3/t12-,13+,14-,15-,16-,17?,18-/m1/s1. The van der Waals surface area contributed by atoms with Crippen molar-refractivity contribution in [3.05, 3.63) is 0 Å². The van der Waals surface area contributed by atoms with E-state index in [2.05, 4.69) is 27.7 Å². The van der Waals surface area contributed by atoms with E-state index in [0.29, 0.717) is 16.7 Å². The van der Waals surface area contributed by atoms with E-state index in [9.17, 15) is 5.11 Å². The molecular weight excluding hydrogens is 248 g/mol. The van der Waals surface area contributed by atoms with Gasteiger partial charge in [0.25, 0.3) is 0 Å². The first-order valence-electron chi connectivity index (χ1n) is 8.59. The van der Waals surface area contributed by atoms with Crippen LogP contribution in [0.3, 0.4) is 0 Å². The average molecular weight is 278 g/mol. The largest absolute Gasteiger partial charge is 0.365 e. The van der Waals surface area contributed by atoms with Crippen molar-refractivity contribution in [1.29, 1.82) is 0 Å². The van der Waals surface area contributed by atoms with Crippen molar-refractivity contribution in [2.45, 2.75) is 78.6 Å². The molecule has 4 aliphatic rings. The molecule has 1 saturated heterocycles. The SMILES string of the molecule is CC(C)[C@H]1CC[C@@]23CC[C@H]4OC(C)(O)[C@@H](C[C@]12C)[C@]43C. The summed E-state index contributed by atoms with van der Waals surface area (Å²) in [7, 11) is 0. The van der Waals surface area contributed by atoms with E-state index < -0.39 is 5.79 Å². The van der Waals surface area contributed by atoms with Gasteiger partial charge in [-0.2, -0.15) is 0 Å². The van der Waals surface area contributed by atoms with Gasteiger partial charge in [0.1, 0.15) is 0 Å². The molecular formula is C18H30O2. The highest BCUT2D eigenvalue weighted by Crippen LogP contribution is 2.83. The van der Waals surface area contributed by atoms with Crippen LogP contribution >= 0.6 is 0 Å². The third kappa shape index (κ3) is 1.11. The second kappa shape index (κ2) is 3.46. The topological polar surface area (TPSA) is 29.5 Å². The maximum atomic E-state index is 10.8. The Morgan fingerprint density at radius 3 is 2.40 bits per heavy atom. The molecule has 0 aromatic rings. The van der Waals surface area contributed by atoms with Gasteiger partial charge < -0.3 is 9.84 Å². The van der Waals surface area contributed by atoms with Gasteiger partial charge in [-0.15, -0.1) is 0 Å². The molecule has 0 aromatic heterocycles. The van der Waals surface area contributed by atoms with Crippen LogP contribution in [0.25, 0.3) is 0 Å². The molecule has 0 aromatic carbocycles. The van der Waals surface area contributed by atoms with Gasteiger partial charge in [0, 0.05) is 11.3 Å². The zero-order chi connectivity index (χ0) is 14.6. The van der Waals surface area contributed by atoms with Crippen molar-refractivity contribution in [1.82, 2.24) is 0 Å². The van der Waals surface area contributed by atoms with Gasteiger partial charge in [0.05, 0.1) is 6.10 Å². The summed E-state index contributed by atoms with van der Waals surface area (Å²) in [4.78, 5) is 0. The highest BCUT2D eigenvalue weighted by molar-refractivity contribution is 5.27. The highest BCUT2D eigenvalue weighted by Gasteiger charge is 2.81. The van der Waals surface area contributed by atoms with Gasteiger partial charge in [0.2, 0.25) is 0 Å². The first-order valence-corrected chi connectivity index (χ1v) is 8.59. The monoisotopic (exact) mass is 278 g/mol. The molecule has 0 amide bonds. The molecule has 114 valence electrons. The van der Waals surface area contributed by atoms with Crippen LogP contribution in [0, 0.1) is 34.0 Å². The van der Waals surface area contributed by atoms with Gasteiger partial charge in [0.15, 0.2) is 5.79 Å². The summed E-state index contributed by atoms with van der Waals surface area (Å²) in [6, 6.07) is 0. The summed E-state index contributed by atoms with van der Waals surface area (Å²) in [6.07, 6.45) is 6.66. The van der Waals surface area contributed by atoms with Crippen LogP contribution in [-0.4, -0.2) is 17.0 Å². The van der Waals surface area contributed by atoms with Crippen LogP contribution in [0.2, 0.25) is 0 Å². The normalized spacial score (nSPS) is 64.0. The number of hydrogen-bond acceptors (Lipinski definition) is 2. The van der Waals surface area contributed by atoms with Gasteiger partial charge in [-0.3, -0.25) is 0 Å². The predicted octanol–water partition coefficient (Wildman–Crippen LogP) is 3.97. The minimum Gasteiger partial charge on any atom is -0.365 e. The Morgan fingerprint density at radius 1 is 1.10 bits per heavy atom. The number of aliphatic hydroxyl groups is 1.